The molecule has 4 heteroatoms. The number of rotatable bonds is 7. The number of carbonyl (C=O) groups excluding carboxylic acids is 1. The van der Waals surface area contributed by atoms with E-state index in [0.29, 0.717) is 22.9 Å². The maximum atomic E-state index is 12.7. The molecule has 0 aliphatic heterocycles. The van der Waals surface area contributed by atoms with Crippen molar-refractivity contribution in [2.24, 2.45) is 0 Å². The van der Waals surface area contributed by atoms with Gasteiger partial charge < -0.3 is 10.1 Å². The highest BCUT2D eigenvalue weighted by atomic mass is 16.5. The van der Waals surface area contributed by atoms with E-state index in [2.05, 4.69) is 43.2 Å². The van der Waals surface area contributed by atoms with Crippen LogP contribution in [-0.4, -0.2) is 10.9 Å². The Bertz CT molecular complexity index is 996. The fourth-order valence-corrected chi connectivity index (χ4v) is 3.17. The molecule has 4 nitrogen and oxygen atoms in total. The third-order valence-corrected chi connectivity index (χ3v) is 4.71. The van der Waals surface area contributed by atoms with Crippen molar-refractivity contribution >= 4 is 11.6 Å². The second-order valence-corrected chi connectivity index (χ2v) is 7.51. The van der Waals surface area contributed by atoms with Gasteiger partial charge in [-0.15, -0.1) is 0 Å². The first-order valence-electron chi connectivity index (χ1n) is 10.1. The number of aryl methyl sites for hydroxylation is 2. The van der Waals surface area contributed by atoms with Crippen LogP contribution in [0, 0.1) is 6.92 Å². The van der Waals surface area contributed by atoms with E-state index in [1.54, 1.807) is 0 Å². The smallest absolute Gasteiger partial charge is 0.257 e. The maximum absolute atomic E-state index is 12.7. The Labute approximate surface area is 173 Å². The lowest BCUT2D eigenvalue weighted by Gasteiger charge is -2.12. The first-order valence-corrected chi connectivity index (χ1v) is 10.1. The monoisotopic (exact) mass is 388 g/mol. The van der Waals surface area contributed by atoms with Crippen molar-refractivity contribution in [3.63, 3.8) is 0 Å². The normalized spacial score (nSPS) is 10.8. The van der Waals surface area contributed by atoms with Gasteiger partial charge in [-0.2, -0.15) is 0 Å². The average Bonchev–Trinajstić information content (AvgIpc) is 2.68. The number of nitrogens with zero attached hydrogens (tertiary/aromatic N) is 1. The summed E-state index contributed by atoms with van der Waals surface area (Å²) >= 11 is 0. The van der Waals surface area contributed by atoms with Crippen LogP contribution in [0.3, 0.4) is 0 Å². The van der Waals surface area contributed by atoms with E-state index < -0.39 is 0 Å². The molecule has 150 valence electrons. The van der Waals surface area contributed by atoms with Gasteiger partial charge >= 0.3 is 0 Å². The van der Waals surface area contributed by atoms with E-state index in [4.69, 9.17) is 4.74 Å². The van der Waals surface area contributed by atoms with E-state index in [9.17, 15) is 4.79 Å². The Morgan fingerprint density at radius 1 is 1.03 bits per heavy atom. The number of carbonyl (C=O) groups is 1. The number of ether oxygens (including phenoxy) is 1. The third kappa shape index (κ3) is 5.44. The first kappa shape index (κ1) is 20.6. The van der Waals surface area contributed by atoms with Gasteiger partial charge in [-0.3, -0.25) is 9.78 Å². The molecule has 3 aromatic rings. The number of hydrogen-bond acceptors (Lipinski definition) is 3. The molecule has 3 rings (SSSR count). The van der Waals surface area contributed by atoms with Crippen molar-refractivity contribution in [1.82, 2.24) is 4.98 Å². The van der Waals surface area contributed by atoms with Crippen molar-refractivity contribution < 1.29 is 9.53 Å². The lowest BCUT2D eigenvalue weighted by molar-refractivity contribution is 0.102. The van der Waals surface area contributed by atoms with Crippen LogP contribution in [0.1, 0.15) is 60.4 Å². The molecule has 0 spiro atoms. The van der Waals surface area contributed by atoms with E-state index in [0.717, 1.165) is 30.0 Å². The SMILES string of the molecule is CCCc1cccc(Oc2cccc(NC(=O)c3ccc(C(C)C)nc3C)c2)c1. The summed E-state index contributed by atoms with van der Waals surface area (Å²) in [4.78, 5) is 17.3. The molecule has 1 N–H and O–H groups in total. The molecule has 0 atom stereocenters. The number of hydrogen-bond donors (Lipinski definition) is 1. The van der Waals surface area contributed by atoms with Crippen molar-refractivity contribution in [1.29, 1.82) is 0 Å². The van der Waals surface area contributed by atoms with Crippen LogP contribution in [0.4, 0.5) is 5.69 Å². The molecular weight excluding hydrogens is 360 g/mol. The van der Waals surface area contributed by atoms with Crippen molar-refractivity contribution in [2.45, 2.75) is 46.5 Å². The van der Waals surface area contributed by atoms with Gasteiger partial charge in [0.25, 0.3) is 5.91 Å². The minimum atomic E-state index is -0.174. The van der Waals surface area contributed by atoms with Gasteiger partial charge in [0, 0.05) is 17.4 Å². The quantitative estimate of drug-likeness (QED) is 0.502. The van der Waals surface area contributed by atoms with E-state index >= 15 is 0 Å². The highest BCUT2D eigenvalue weighted by molar-refractivity contribution is 6.05. The summed E-state index contributed by atoms with van der Waals surface area (Å²) in [5.74, 6) is 1.63. The standard InChI is InChI=1S/C25H28N2O2/c1-5-8-19-9-6-11-21(15-19)29-22-12-7-10-20(16-22)27-25(28)23-13-14-24(17(2)3)26-18(23)4/h6-7,9-17H,5,8H2,1-4H3,(H,27,28). The summed E-state index contributed by atoms with van der Waals surface area (Å²) < 4.78 is 6.00. The van der Waals surface area contributed by atoms with E-state index in [1.165, 1.54) is 5.56 Å². The number of amides is 1. The highest BCUT2D eigenvalue weighted by Gasteiger charge is 2.13. The Kier molecular flexibility index (Phi) is 6.65. The Balaban J connectivity index is 1.73. The van der Waals surface area contributed by atoms with Crippen molar-refractivity contribution in [3.05, 3.63) is 83.2 Å². The van der Waals surface area contributed by atoms with Crippen LogP contribution in [0.25, 0.3) is 0 Å². The second-order valence-electron chi connectivity index (χ2n) is 7.51. The minimum Gasteiger partial charge on any atom is -0.457 e. The summed E-state index contributed by atoms with van der Waals surface area (Å²) in [7, 11) is 0. The van der Waals surface area contributed by atoms with Crippen LogP contribution in [0.15, 0.2) is 60.7 Å². The average molecular weight is 389 g/mol. The predicted molar refractivity (Wildman–Crippen MR) is 118 cm³/mol. The number of aromatic nitrogens is 1. The predicted octanol–water partition coefficient (Wildman–Crippen LogP) is 6.51. The number of nitrogens with one attached hydrogen (secondary N) is 1. The molecule has 0 aliphatic carbocycles. The summed E-state index contributed by atoms with van der Waals surface area (Å²) in [6.45, 7) is 8.20. The lowest BCUT2D eigenvalue weighted by atomic mass is 10.1. The summed E-state index contributed by atoms with van der Waals surface area (Å²) in [6.07, 6.45) is 2.12. The molecule has 0 saturated heterocycles. The third-order valence-electron chi connectivity index (χ3n) is 4.71. The highest BCUT2D eigenvalue weighted by Crippen LogP contribution is 2.26. The van der Waals surface area contributed by atoms with Gasteiger partial charge in [0.05, 0.1) is 11.3 Å². The summed E-state index contributed by atoms with van der Waals surface area (Å²) in [5, 5.41) is 2.95. The minimum absolute atomic E-state index is 0.174. The van der Waals surface area contributed by atoms with E-state index in [1.807, 2.05) is 55.5 Å². The van der Waals surface area contributed by atoms with Crippen molar-refractivity contribution in [2.75, 3.05) is 5.32 Å². The van der Waals surface area contributed by atoms with Gasteiger partial charge in [-0.25, -0.2) is 0 Å². The van der Waals surface area contributed by atoms with Gasteiger partial charge in [-0.05, 0) is 61.2 Å². The number of benzene rings is 2. The molecule has 0 fully saturated rings. The molecule has 0 aliphatic rings. The zero-order chi connectivity index (χ0) is 20.8. The van der Waals surface area contributed by atoms with Crippen LogP contribution in [0.5, 0.6) is 11.5 Å². The molecule has 1 aromatic heterocycles. The fourth-order valence-electron chi connectivity index (χ4n) is 3.17. The second kappa shape index (κ2) is 9.37. The van der Waals surface area contributed by atoms with Crippen molar-refractivity contribution in [3.8, 4) is 11.5 Å². The Morgan fingerprint density at radius 2 is 1.76 bits per heavy atom. The zero-order valence-corrected chi connectivity index (χ0v) is 17.5. The van der Waals surface area contributed by atoms with Crippen LogP contribution in [0.2, 0.25) is 0 Å². The molecule has 29 heavy (non-hydrogen) atoms. The topological polar surface area (TPSA) is 51.2 Å². The van der Waals surface area contributed by atoms with Crippen LogP contribution < -0.4 is 10.1 Å². The molecule has 2 aromatic carbocycles. The van der Waals surface area contributed by atoms with Gasteiger partial charge in [0.15, 0.2) is 0 Å². The molecule has 0 radical (unpaired) electrons. The number of pyridine rings is 1. The molecule has 1 amide bonds. The van der Waals surface area contributed by atoms with Gasteiger partial charge in [-0.1, -0.05) is 45.4 Å². The maximum Gasteiger partial charge on any atom is 0.257 e. The molecular formula is C25H28N2O2. The molecule has 0 bridgehead atoms. The Hall–Kier alpha value is -3.14. The zero-order valence-electron chi connectivity index (χ0n) is 17.5. The fraction of sp³-hybridized carbons (Fsp3) is 0.280. The van der Waals surface area contributed by atoms with Gasteiger partial charge in [0.1, 0.15) is 11.5 Å². The van der Waals surface area contributed by atoms with E-state index in [-0.39, 0.29) is 5.91 Å². The summed E-state index contributed by atoms with van der Waals surface area (Å²) in [6, 6.07) is 19.3. The van der Waals surface area contributed by atoms with Gasteiger partial charge in [0.2, 0.25) is 0 Å². The molecule has 0 unspecified atom stereocenters. The Morgan fingerprint density at radius 3 is 2.45 bits per heavy atom. The largest absolute Gasteiger partial charge is 0.457 e. The van der Waals surface area contributed by atoms with Crippen LogP contribution >= 0.6 is 0 Å². The number of anilines is 1. The molecule has 0 saturated carbocycles. The van der Waals surface area contributed by atoms with Crippen LogP contribution in [-0.2, 0) is 6.42 Å². The lowest BCUT2D eigenvalue weighted by Crippen LogP contribution is -2.14. The summed E-state index contributed by atoms with van der Waals surface area (Å²) in [5.41, 5.74) is 4.23. The first-order chi connectivity index (χ1) is 14.0. The molecule has 1 heterocycles.